The summed E-state index contributed by atoms with van der Waals surface area (Å²) in [6.07, 6.45) is 13.0. The second-order valence-electron chi connectivity index (χ2n) is 10.7. The normalized spacial score (nSPS) is 44.8. The van der Waals surface area contributed by atoms with Crippen molar-refractivity contribution in [2.45, 2.75) is 76.7 Å². The summed E-state index contributed by atoms with van der Waals surface area (Å²) in [7, 11) is 0. The average molecular weight is 407 g/mol. The van der Waals surface area contributed by atoms with Crippen LogP contribution in [0.5, 0.6) is 0 Å². The fourth-order valence-electron chi connectivity index (χ4n) is 7.93. The topological polar surface area (TPSA) is 56.5 Å². The van der Waals surface area contributed by atoms with Gasteiger partial charge in [-0.2, -0.15) is 0 Å². The van der Waals surface area contributed by atoms with Gasteiger partial charge in [-0.3, -0.25) is 9.59 Å². The highest BCUT2D eigenvalue weighted by Gasteiger charge is 2.66. The van der Waals surface area contributed by atoms with Crippen LogP contribution in [0.2, 0.25) is 0 Å². The van der Waals surface area contributed by atoms with Gasteiger partial charge in [0.05, 0.1) is 6.26 Å². The molecule has 0 aromatic carbocycles. The highest BCUT2D eigenvalue weighted by molar-refractivity contribution is 5.92. The molecule has 2 heterocycles. The number of fused-ring (bicyclic) bond motifs is 6. The molecule has 1 aromatic heterocycles. The van der Waals surface area contributed by atoms with Crippen LogP contribution in [0.4, 0.5) is 0 Å². The van der Waals surface area contributed by atoms with Gasteiger partial charge >= 0.3 is 5.97 Å². The predicted octanol–water partition coefficient (Wildman–Crippen LogP) is 5.50. The van der Waals surface area contributed by atoms with E-state index in [2.05, 4.69) is 26.0 Å². The minimum absolute atomic E-state index is 0.0227. The van der Waals surface area contributed by atoms with Gasteiger partial charge in [0.25, 0.3) is 0 Å². The maximum Gasteiger partial charge on any atom is 0.306 e. The van der Waals surface area contributed by atoms with E-state index >= 15 is 0 Å². The molecule has 6 atom stereocenters. The summed E-state index contributed by atoms with van der Waals surface area (Å²) < 4.78 is 12.0. The third-order valence-corrected chi connectivity index (χ3v) is 9.63. The Labute approximate surface area is 177 Å². The molecule has 30 heavy (non-hydrogen) atoms. The number of rotatable bonds is 1. The highest BCUT2D eigenvalue weighted by atomic mass is 16.6. The molecule has 4 nitrogen and oxygen atoms in total. The van der Waals surface area contributed by atoms with E-state index < -0.39 is 0 Å². The van der Waals surface area contributed by atoms with Crippen LogP contribution in [-0.4, -0.2) is 17.4 Å². The van der Waals surface area contributed by atoms with Crippen molar-refractivity contribution in [3.8, 4) is 0 Å². The Morgan fingerprint density at radius 3 is 2.70 bits per heavy atom. The van der Waals surface area contributed by atoms with Crippen molar-refractivity contribution in [1.82, 2.24) is 0 Å². The molecule has 3 fully saturated rings. The lowest BCUT2D eigenvalue weighted by Crippen LogP contribution is -2.52. The lowest BCUT2D eigenvalue weighted by Gasteiger charge is -2.56. The van der Waals surface area contributed by atoms with Crippen molar-refractivity contribution in [2.24, 2.45) is 22.7 Å². The molecule has 0 amide bonds. The summed E-state index contributed by atoms with van der Waals surface area (Å²) >= 11 is 0. The molecule has 5 aliphatic rings. The van der Waals surface area contributed by atoms with Crippen LogP contribution in [0.3, 0.4) is 0 Å². The van der Waals surface area contributed by atoms with E-state index in [1.807, 2.05) is 12.1 Å². The Morgan fingerprint density at radius 1 is 1.10 bits per heavy atom. The number of furan rings is 1. The number of ether oxygens (including phenoxy) is 1. The van der Waals surface area contributed by atoms with Crippen molar-refractivity contribution in [2.75, 3.05) is 0 Å². The van der Waals surface area contributed by atoms with Crippen LogP contribution in [0.25, 0.3) is 0 Å². The number of hydrogen-bond donors (Lipinski definition) is 0. The standard InChI is InChI=1S/C26H30O4/c1-24-9-5-17(27)14-16(24)15-18(21-4-3-13-29-21)23-19(24)6-10-25(2)20(23)7-11-26(25)12-8-22(28)30-26/h3-4,6,13-14,18,20,23H,5,7-12,15H2,1-2H3/t18?,20?,23?,24-,25-,26+/m0/s1. The van der Waals surface area contributed by atoms with Gasteiger partial charge in [-0.15, -0.1) is 0 Å². The summed E-state index contributed by atoms with van der Waals surface area (Å²) in [6, 6.07) is 4.08. The van der Waals surface area contributed by atoms with E-state index in [0.717, 1.165) is 44.3 Å². The monoisotopic (exact) mass is 406 g/mol. The van der Waals surface area contributed by atoms with Crippen LogP contribution in [0.1, 0.15) is 76.9 Å². The summed E-state index contributed by atoms with van der Waals surface area (Å²) in [5, 5.41) is 0. The highest BCUT2D eigenvalue weighted by Crippen LogP contribution is 2.70. The average Bonchev–Trinajstić information content (AvgIpc) is 3.43. The molecule has 0 N–H and O–H groups in total. The molecule has 0 bridgehead atoms. The lowest BCUT2D eigenvalue weighted by atomic mass is 9.48. The molecular formula is C26H30O4. The number of carbonyl (C=O) groups is 2. The van der Waals surface area contributed by atoms with Gasteiger partial charge in [-0.25, -0.2) is 0 Å². The van der Waals surface area contributed by atoms with E-state index in [1.165, 1.54) is 11.1 Å². The molecular weight excluding hydrogens is 376 g/mol. The molecule has 0 radical (unpaired) electrons. The molecule has 1 saturated heterocycles. The van der Waals surface area contributed by atoms with Gasteiger partial charge in [-0.1, -0.05) is 31.1 Å². The first-order valence-corrected chi connectivity index (χ1v) is 11.6. The van der Waals surface area contributed by atoms with Crippen LogP contribution in [0.15, 0.2) is 46.1 Å². The maximum atomic E-state index is 12.3. The Balaban J connectivity index is 1.50. The molecule has 1 spiro atoms. The van der Waals surface area contributed by atoms with E-state index in [0.29, 0.717) is 24.7 Å². The van der Waals surface area contributed by atoms with Crippen molar-refractivity contribution in [3.05, 3.63) is 47.5 Å². The van der Waals surface area contributed by atoms with Crippen LogP contribution in [0, 0.1) is 22.7 Å². The first kappa shape index (κ1) is 18.7. The number of esters is 1. The Kier molecular flexibility index (Phi) is 3.72. The minimum atomic E-state index is -0.302. The second kappa shape index (κ2) is 5.99. The molecule has 4 aliphatic carbocycles. The molecule has 1 aromatic rings. The Bertz CT molecular complexity index is 985. The second-order valence-corrected chi connectivity index (χ2v) is 10.7. The quantitative estimate of drug-likeness (QED) is 0.456. The summed E-state index contributed by atoms with van der Waals surface area (Å²) in [4.78, 5) is 24.4. The fraction of sp³-hybridized carbons (Fsp3) is 0.615. The number of hydrogen-bond acceptors (Lipinski definition) is 4. The van der Waals surface area contributed by atoms with Gasteiger partial charge < -0.3 is 9.15 Å². The van der Waals surface area contributed by atoms with E-state index in [-0.39, 0.29) is 34.1 Å². The van der Waals surface area contributed by atoms with E-state index in [9.17, 15) is 9.59 Å². The zero-order valence-electron chi connectivity index (χ0n) is 17.9. The number of allylic oxidation sites excluding steroid dienone is 4. The minimum Gasteiger partial charge on any atom is -0.469 e. The number of ketones is 1. The first-order chi connectivity index (χ1) is 14.4. The SMILES string of the molecule is C[C@]12CCC(=O)C=C1CC(c1ccco1)C1C2=CC[C@@]2(C)C1CC[C@@]21CCC(=O)O1. The van der Waals surface area contributed by atoms with E-state index in [4.69, 9.17) is 9.15 Å². The van der Waals surface area contributed by atoms with Crippen molar-refractivity contribution < 1.29 is 18.7 Å². The van der Waals surface area contributed by atoms with Gasteiger partial charge in [0.1, 0.15) is 11.4 Å². The van der Waals surface area contributed by atoms with Crippen molar-refractivity contribution in [1.29, 1.82) is 0 Å². The molecule has 158 valence electrons. The van der Waals surface area contributed by atoms with Crippen LogP contribution in [-0.2, 0) is 14.3 Å². The maximum absolute atomic E-state index is 12.3. The van der Waals surface area contributed by atoms with Gasteiger partial charge in [0.2, 0.25) is 0 Å². The Hall–Kier alpha value is -2.10. The molecule has 6 rings (SSSR count). The fourth-order valence-corrected chi connectivity index (χ4v) is 7.93. The largest absolute Gasteiger partial charge is 0.469 e. The summed E-state index contributed by atoms with van der Waals surface area (Å²) in [5.74, 6) is 2.35. The van der Waals surface area contributed by atoms with Crippen molar-refractivity contribution >= 4 is 11.8 Å². The predicted molar refractivity (Wildman–Crippen MR) is 112 cm³/mol. The van der Waals surface area contributed by atoms with Crippen LogP contribution >= 0.6 is 0 Å². The number of carbonyl (C=O) groups excluding carboxylic acids is 2. The van der Waals surface area contributed by atoms with Gasteiger partial charge in [0, 0.05) is 29.6 Å². The molecule has 1 aliphatic heterocycles. The summed E-state index contributed by atoms with van der Waals surface area (Å²) in [5.41, 5.74) is 2.44. The van der Waals surface area contributed by atoms with Crippen molar-refractivity contribution in [3.63, 3.8) is 0 Å². The van der Waals surface area contributed by atoms with Gasteiger partial charge in [-0.05, 0) is 68.6 Å². The third kappa shape index (κ3) is 2.23. The zero-order chi connectivity index (χ0) is 20.7. The van der Waals surface area contributed by atoms with Crippen LogP contribution < -0.4 is 0 Å². The molecule has 4 heteroatoms. The molecule has 3 unspecified atom stereocenters. The van der Waals surface area contributed by atoms with Gasteiger partial charge in [0.15, 0.2) is 5.78 Å². The third-order valence-electron chi connectivity index (χ3n) is 9.63. The summed E-state index contributed by atoms with van der Waals surface area (Å²) in [6.45, 7) is 4.72. The lowest BCUT2D eigenvalue weighted by molar-refractivity contribution is -0.160. The Morgan fingerprint density at radius 2 is 1.97 bits per heavy atom. The smallest absolute Gasteiger partial charge is 0.306 e. The zero-order valence-corrected chi connectivity index (χ0v) is 17.9. The molecule has 2 saturated carbocycles. The van der Waals surface area contributed by atoms with E-state index in [1.54, 1.807) is 6.26 Å². The first-order valence-electron chi connectivity index (χ1n) is 11.6.